The highest BCUT2D eigenvalue weighted by molar-refractivity contribution is 6.03. The van der Waals surface area contributed by atoms with Gasteiger partial charge in [-0.3, -0.25) is 19.5 Å². The van der Waals surface area contributed by atoms with Gasteiger partial charge in [0.25, 0.3) is 0 Å². The summed E-state index contributed by atoms with van der Waals surface area (Å²) < 4.78 is 0. The molecule has 1 aromatic heterocycles. The molecule has 6 nitrogen and oxygen atoms in total. The SMILES string of the molecule is Cc1ccc(NC(=O)CC(=O)N2CCN(CCc3ccncc3)CC2)cc1. The van der Waals surface area contributed by atoms with E-state index in [9.17, 15) is 9.59 Å². The maximum absolute atomic E-state index is 12.4. The van der Waals surface area contributed by atoms with E-state index in [-0.39, 0.29) is 18.2 Å². The van der Waals surface area contributed by atoms with Crippen LogP contribution < -0.4 is 5.32 Å². The largest absolute Gasteiger partial charge is 0.340 e. The van der Waals surface area contributed by atoms with Gasteiger partial charge in [0.05, 0.1) is 0 Å². The van der Waals surface area contributed by atoms with E-state index in [2.05, 4.69) is 15.2 Å². The quantitative estimate of drug-likeness (QED) is 0.795. The minimum Gasteiger partial charge on any atom is -0.340 e. The Balaban J connectivity index is 1.39. The number of carbonyl (C=O) groups is 2. The number of anilines is 1. The molecule has 1 saturated heterocycles. The number of nitrogens with zero attached hydrogens (tertiary/aromatic N) is 3. The first-order valence-corrected chi connectivity index (χ1v) is 9.36. The summed E-state index contributed by atoms with van der Waals surface area (Å²) in [7, 11) is 0. The second kappa shape index (κ2) is 9.28. The molecule has 0 unspecified atom stereocenters. The van der Waals surface area contributed by atoms with E-state index in [0.29, 0.717) is 13.1 Å². The van der Waals surface area contributed by atoms with Gasteiger partial charge in [0.15, 0.2) is 0 Å². The number of aromatic nitrogens is 1. The van der Waals surface area contributed by atoms with E-state index in [1.807, 2.05) is 55.7 Å². The maximum Gasteiger partial charge on any atom is 0.233 e. The number of piperazine rings is 1. The normalized spacial score (nSPS) is 14.8. The minimum atomic E-state index is -0.260. The standard InChI is InChI=1S/C21H26N4O2/c1-17-2-4-19(5-3-17)23-20(26)16-21(27)25-14-12-24(13-15-25)11-8-18-6-9-22-10-7-18/h2-7,9-10H,8,11-16H2,1H3,(H,23,26). The molecular weight excluding hydrogens is 340 g/mol. The van der Waals surface area contributed by atoms with E-state index >= 15 is 0 Å². The average Bonchev–Trinajstić information content (AvgIpc) is 2.69. The number of hydrogen-bond donors (Lipinski definition) is 1. The van der Waals surface area contributed by atoms with Crippen molar-refractivity contribution in [2.75, 3.05) is 38.0 Å². The van der Waals surface area contributed by atoms with Crippen molar-refractivity contribution in [3.63, 3.8) is 0 Å². The summed E-state index contributed by atoms with van der Waals surface area (Å²) in [6.07, 6.45) is 4.50. The van der Waals surface area contributed by atoms with Gasteiger partial charge in [0.1, 0.15) is 6.42 Å². The van der Waals surface area contributed by atoms with Gasteiger partial charge in [-0.1, -0.05) is 17.7 Å². The van der Waals surface area contributed by atoms with Gasteiger partial charge < -0.3 is 10.2 Å². The minimum absolute atomic E-state index is 0.103. The molecule has 142 valence electrons. The lowest BCUT2D eigenvalue weighted by atomic mass is 10.2. The van der Waals surface area contributed by atoms with Crippen LogP contribution in [0.15, 0.2) is 48.8 Å². The number of pyridine rings is 1. The van der Waals surface area contributed by atoms with Crippen molar-refractivity contribution in [3.05, 3.63) is 59.9 Å². The summed E-state index contributed by atoms with van der Waals surface area (Å²) >= 11 is 0. The molecule has 0 aliphatic carbocycles. The van der Waals surface area contributed by atoms with Gasteiger partial charge in [-0.25, -0.2) is 0 Å². The molecular formula is C21H26N4O2. The van der Waals surface area contributed by atoms with Crippen LogP contribution in [0.1, 0.15) is 17.5 Å². The highest BCUT2D eigenvalue weighted by Gasteiger charge is 2.22. The summed E-state index contributed by atoms with van der Waals surface area (Å²) in [5, 5.41) is 2.78. The lowest BCUT2D eigenvalue weighted by Gasteiger charge is -2.34. The first-order chi connectivity index (χ1) is 13.1. The Morgan fingerprint density at radius 3 is 2.33 bits per heavy atom. The molecule has 0 spiro atoms. The third kappa shape index (κ3) is 5.89. The summed E-state index contributed by atoms with van der Waals surface area (Å²) in [5.74, 6) is -0.364. The van der Waals surface area contributed by atoms with Crippen molar-refractivity contribution >= 4 is 17.5 Å². The smallest absolute Gasteiger partial charge is 0.233 e. The average molecular weight is 366 g/mol. The lowest BCUT2D eigenvalue weighted by Crippen LogP contribution is -2.49. The second-order valence-corrected chi connectivity index (χ2v) is 6.92. The molecule has 27 heavy (non-hydrogen) atoms. The second-order valence-electron chi connectivity index (χ2n) is 6.92. The van der Waals surface area contributed by atoms with Gasteiger partial charge in [-0.05, 0) is 43.2 Å². The van der Waals surface area contributed by atoms with E-state index in [1.54, 1.807) is 4.90 Å². The lowest BCUT2D eigenvalue weighted by molar-refractivity contribution is -0.136. The topological polar surface area (TPSA) is 65.5 Å². The van der Waals surface area contributed by atoms with Crippen LogP contribution in [0.3, 0.4) is 0 Å². The number of benzene rings is 1. The molecule has 2 amide bonds. The first kappa shape index (κ1) is 19.0. The van der Waals surface area contributed by atoms with Crippen LogP contribution in [0.4, 0.5) is 5.69 Å². The van der Waals surface area contributed by atoms with E-state index in [4.69, 9.17) is 0 Å². The van der Waals surface area contributed by atoms with Crippen molar-refractivity contribution in [1.29, 1.82) is 0 Å². The number of carbonyl (C=O) groups excluding carboxylic acids is 2. The molecule has 0 bridgehead atoms. The van der Waals surface area contributed by atoms with Gasteiger partial charge in [-0.15, -0.1) is 0 Å². The Kier molecular flexibility index (Phi) is 6.54. The summed E-state index contributed by atoms with van der Waals surface area (Å²) in [4.78, 5) is 32.7. The van der Waals surface area contributed by atoms with Crippen LogP contribution in [0, 0.1) is 6.92 Å². The molecule has 0 radical (unpaired) electrons. The highest BCUT2D eigenvalue weighted by atomic mass is 16.2. The van der Waals surface area contributed by atoms with E-state index in [0.717, 1.165) is 37.3 Å². The van der Waals surface area contributed by atoms with Crippen molar-refractivity contribution < 1.29 is 9.59 Å². The van der Waals surface area contributed by atoms with Crippen LogP contribution in [-0.4, -0.2) is 59.3 Å². The third-order valence-electron chi connectivity index (χ3n) is 4.84. The third-order valence-corrected chi connectivity index (χ3v) is 4.84. The van der Waals surface area contributed by atoms with Crippen molar-refractivity contribution in [1.82, 2.24) is 14.8 Å². The maximum atomic E-state index is 12.4. The van der Waals surface area contributed by atoms with E-state index < -0.39 is 0 Å². The zero-order valence-electron chi connectivity index (χ0n) is 15.7. The number of hydrogen-bond acceptors (Lipinski definition) is 4. The van der Waals surface area contributed by atoms with Gasteiger partial charge in [-0.2, -0.15) is 0 Å². The van der Waals surface area contributed by atoms with Crippen LogP contribution >= 0.6 is 0 Å². The van der Waals surface area contributed by atoms with Crippen LogP contribution in [0.2, 0.25) is 0 Å². The molecule has 1 N–H and O–H groups in total. The number of nitrogens with one attached hydrogen (secondary N) is 1. The Bertz CT molecular complexity index is 754. The van der Waals surface area contributed by atoms with Gasteiger partial charge in [0.2, 0.25) is 11.8 Å². The van der Waals surface area contributed by atoms with Gasteiger partial charge in [0, 0.05) is 50.8 Å². The fourth-order valence-corrected chi connectivity index (χ4v) is 3.15. The molecule has 1 aliphatic rings. The summed E-state index contributed by atoms with van der Waals surface area (Å²) in [6.45, 7) is 6.00. The predicted molar refractivity (Wildman–Crippen MR) is 105 cm³/mol. The summed E-state index contributed by atoms with van der Waals surface area (Å²) in [5.41, 5.74) is 3.13. The van der Waals surface area contributed by atoms with E-state index in [1.165, 1.54) is 5.56 Å². The molecule has 0 atom stereocenters. The predicted octanol–water partition coefficient (Wildman–Crippen LogP) is 2.11. The van der Waals surface area contributed by atoms with Crippen LogP contribution in [0.25, 0.3) is 0 Å². The number of rotatable bonds is 6. The molecule has 6 heteroatoms. The van der Waals surface area contributed by atoms with Crippen LogP contribution in [0.5, 0.6) is 0 Å². The van der Waals surface area contributed by atoms with Crippen molar-refractivity contribution in [3.8, 4) is 0 Å². The number of amides is 2. The monoisotopic (exact) mass is 366 g/mol. The molecule has 0 saturated carbocycles. The highest BCUT2D eigenvalue weighted by Crippen LogP contribution is 2.10. The molecule has 2 heterocycles. The Morgan fingerprint density at radius 2 is 1.67 bits per heavy atom. The Hall–Kier alpha value is -2.73. The molecule has 2 aromatic rings. The molecule has 1 aliphatic heterocycles. The number of aryl methyl sites for hydroxylation is 1. The Labute approximate surface area is 160 Å². The zero-order chi connectivity index (χ0) is 19.1. The Morgan fingerprint density at radius 1 is 1.00 bits per heavy atom. The fraction of sp³-hybridized carbons (Fsp3) is 0.381. The first-order valence-electron chi connectivity index (χ1n) is 9.36. The molecule has 1 fully saturated rings. The zero-order valence-corrected chi connectivity index (χ0v) is 15.7. The summed E-state index contributed by atoms with van der Waals surface area (Å²) in [6, 6.07) is 11.6. The van der Waals surface area contributed by atoms with Gasteiger partial charge >= 0.3 is 0 Å². The molecule has 1 aromatic carbocycles. The van der Waals surface area contributed by atoms with Crippen molar-refractivity contribution in [2.24, 2.45) is 0 Å². The van der Waals surface area contributed by atoms with Crippen molar-refractivity contribution in [2.45, 2.75) is 19.8 Å². The fourth-order valence-electron chi connectivity index (χ4n) is 3.15. The molecule has 3 rings (SSSR count). The van der Waals surface area contributed by atoms with Crippen LogP contribution in [-0.2, 0) is 16.0 Å².